The molecule has 0 spiro atoms. The van der Waals surface area contributed by atoms with Crippen LogP contribution in [0.15, 0.2) is 134 Å². The summed E-state index contributed by atoms with van der Waals surface area (Å²) in [5, 5.41) is 12.5. The first-order chi connectivity index (χ1) is 16.7. The molecule has 0 saturated heterocycles. The summed E-state index contributed by atoms with van der Waals surface area (Å²) in [6.07, 6.45) is 5.38. The van der Waals surface area contributed by atoms with Crippen LogP contribution in [0.1, 0.15) is 28.3 Å². The van der Waals surface area contributed by atoms with Crippen molar-refractivity contribution in [2.75, 3.05) is 0 Å². The van der Waals surface area contributed by atoms with Gasteiger partial charge in [0.15, 0.2) is 0 Å². The Hall–Kier alpha value is -4.15. The molecular weight excluding hydrogens is 420 g/mol. The van der Waals surface area contributed by atoms with Crippen molar-refractivity contribution in [2.45, 2.75) is 18.2 Å². The summed E-state index contributed by atoms with van der Waals surface area (Å²) in [4.78, 5) is 4.28. The van der Waals surface area contributed by atoms with E-state index in [0.717, 1.165) is 28.0 Å². The second kappa shape index (κ2) is 9.77. The number of imidazole rings is 1. The molecule has 1 atom stereocenters. The highest BCUT2D eigenvalue weighted by Gasteiger charge is 2.42. The van der Waals surface area contributed by atoms with Crippen molar-refractivity contribution in [3.8, 4) is 5.75 Å². The van der Waals surface area contributed by atoms with E-state index in [9.17, 15) is 5.11 Å². The Morgan fingerprint density at radius 1 is 0.735 bits per heavy atom. The van der Waals surface area contributed by atoms with Crippen molar-refractivity contribution in [3.63, 3.8) is 0 Å². The third kappa shape index (κ3) is 4.36. The number of benzene rings is 4. The lowest BCUT2D eigenvalue weighted by atomic mass is 9.77. The van der Waals surface area contributed by atoms with Gasteiger partial charge in [-0.05, 0) is 34.4 Å². The van der Waals surface area contributed by atoms with Gasteiger partial charge in [-0.2, -0.15) is 0 Å². The SMILES string of the molecule is OC(c1ccccc1)(c1ccccc1)C(c1ccc(OCc2ccccc2)cc1)n1ccnc1. The molecule has 0 aliphatic heterocycles. The number of aliphatic hydroxyl groups is 1. The van der Waals surface area contributed by atoms with E-state index < -0.39 is 11.6 Å². The van der Waals surface area contributed by atoms with Crippen LogP contribution in [0, 0.1) is 0 Å². The molecule has 34 heavy (non-hydrogen) atoms. The number of hydrogen-bond acceptors (Lipinski definition) is 3. The topological polar surface area (TPSA) is 47.3 Å². The van der Waals surface area contributed by atoms with Crippen LogP contribution in [0.5, 0.6) is 5.75 Å². The Morgan fingerprint density at radius 3 is 1.82 bits per heavy atom. The van der Waals surface area contributed by atoms with E-state index in [4.69, 9.17) is 4.74 Å². The summed E-state index contributed by atoms with van der Waals surface area (Å²) in [5.74, 6) is 0.778. The van der Waals surface area contributed by atoms with Crippen LogP contribution in [0.25, 0.3) is 0 Å². The molecule has 0 radical (unpaired) electrons. The fourth-order valence-electron chi connectivity index (χ4n) is 4.41. The van der Waals surface area contributed by atoms with E-state index in [2.05, 4.69) is 4.98 Å². The van der Waals surface area contributed by atoms with Crippen LogP contribution >= 0.6 is 0 Å². The van der Waals surface area contributed by atoms with Gasteiger partial charge < -0.3 is 14.4 Å². The molecule has 0 fully saturated rings. The van der Waals surface area contributed by atoms with Crippen molar-refractivity contribution < 1.29 is 9.84 Å². The lowest BCUT2D eigenvalue weighted by Crippen LogP contribution is -2.38. The second-order valence-electron chi connectivity index (χ2n) is 8.25. The minimum atomic E-state index is -1.32. The highest BCUT2D eigenvalue weighted by Crippen LogP contribution is 2.43. The van der Waals surface area contributed by atoms with Gasteiger partial charge in [-0.1, -0.05) is 103 Å². The molecule has 5 aromatic rings. The van der Waals surface area contributed by atoms with Crippen molar-refractivity contribution >= 4 is 0 Å². The first-order valence-electron chi connectivity index (χ1n) is 11.3. The predicted molar refractivity (Wildman–Crippen MR) is 133 cm³/mol. The van der Waals surface area contributed by atoms with Gasteiger partial charge in [-0.15, -0.1) is 0 Å². The minimum Gasteiger partial charge on any atom is -0.489 e. The van der Waals surface area contributed by atoms with Crippen LogP contribution in [0.4, 0.5) is 0 Å². The summed E-state index contributed by atoms with van der Waals surface area (Å²) >= 11 is 0. The molecule has 1 aromatic heterocycles. The number of hydrogen-bond donors (Lipinski definition) is 1. The van der Waals surface area contributed by atoms with Crippen LogP contribution in [-0.4, -0.2) is 14.7 Å². The quantitative estimate of drug-likeness (QED) is 0.319. The third-order valence-electron chi connectivity index (χ3n) is 6.09. The highest BCUT2D eigenvalue weighted by molar-refractivity contribution is 5.43. The molecule has 1 heterocycles. The van der Waals surface area contributed by atoms with Gasteiger partial charge in [0.1, 0.15) is 18.0 Å². The maximum absolute atomic E-state index is 12.5. The van der Waals surface area contributed by atoms with E-state index in [0.29, 0.717) is 6.61 Å². The molecule has 1 N–H and O–H groups in total. The zero-order chi connectivity index (χ0) is 23.2. The van der Waals surface area contributed by atoms with Gasteiger partial charge in [0.2, 0.25) is 0 Å². The largest absolute Gasteiger partial charge is 0.489 e. The molecule has 0 amide bonds. The molecule has 0 saturated carbocycles. The third-order valence-corrected chi connectivity index (χ3v) is 6.09. The fraction of sp³-hybridized carbons (Fsp3) is 0.100. The Kier molecular flexibility index (Phi) is 6.23. The van der Waals surface area contributed by atoms with E-state index in [1.165, 1.54) is 0 Å². The first-order valence-corrected chi connectivity index (χ1v) is 11.3. The summed E-state index contributed by atoms with van der Waals surface area (Å²) in [7, 11) is 0. The predicted octanol–water partition coefficient (Wildman–Crippen LogP) is 5.99. The van der Waals surface area contributed by atoms with Gasteiger partial charge in [0.25, 0.3) is 0 Å². The van der Waals surface area contributed by atoms with E-state index >= 15 is 0 Å². The van der Waals surface area contributed by atoms with Crippen molar-refractivity contribution in [1.82, 2.24) is 9.55 Å². The average Bonchev–Trinajstić information content (AvgIpc) is 3.44. The maximum atomic E-state index is 12.5. The van der Waals surface area contributed by atoms with Crippen molar-refractivity contribution in [2.24, 2.45) is 0 Å². The summed E-state index contributed by atoms with van der Waals surface area (Å²) in [6.45, 7) is 0.503. The minimum absolute atomic E-state index is 0.442. The van der Waals surface area contributed by atoms with Gasteiger partial charge in [-0.25, -0.2) is 4.98 Å². The molecule has 0 bridgehead atoms. The molecule has 4 nitrogen and oxygen atoms in total. The van der Waals surface area contributed by atoms with Crippen molar-refractivity contribution in [1.29, 1.82) is 0 Å². The van der Waals surface area contributed by atoms with Gasteiger partial charge in [0.05, 0.1) is 12.4 Å². The normalized spacial score (nSPS) is 12.3. The van der Waals surface area contributed by atoms with Gasteiger partial charge in [0, 0.05) is 12.4 Å². The van der Waals surface area contributed by atoms with Crippen molar-refractivity contribution in [3.05, 3.63) is 156 Å². The van der Waals surface area contributed by atoms with Crippen LogP contribution in [-0.2, 0) is 12.2 Å². The number of ether oxygens (including phenoxy) is 1. The van der Waals surface area contributed by atoms with E-state index in [1.807, 2.05) is 126 Å². The number of rotatable bonds is 8. The Bertz CT molecular complexity index is 1250. The van der Waals surface area contributed by atoms with E-state index in [1.54, 1.807) is 12.5 Å². The van der Waals surface area contributed by atoms with Crippen LogP contribution in [0.3, 0.4) is 0 Å². The molecule has 4 heteroatoms. The lowest BCUT2D eigenvalue weighted by molar-refractivity contribution is 0.0382. The van der Waals surface area contributed by atoms with Gasteiger partial charge in [-0.3, -0.25) is 0 Å². The standard InChI is InChI=1S/C30H26N2O2/c33-30(26-12-6-2-7-13-26,27-14-8-3-9-15-27)29(32-21-20-31-23-32)25-16-18-28(19-17-25)34-22-24-10-4-1-5-11-24/h1-21,23,29,33H,22H2. The average molecular weight is 447 g/mol. The Balaban J connectivity index is 1.55. The fourth-order valence-corrected chi connectivity index (χ4v) is 4.41. The summed E-state index contributed by atoms with van der Waals surface area (Å²) in [5.41, 5.74) is 2.36. The molecule has 168 valence electrons. The Labute approximate surface area is 199 Å². The Morgan fingerprint density at radius 2 is 1.29 bits per heavy atom. The molecule has 5 rings (SSSR count). The zero-order valence-electron chi connectivity index (χ0n) is 18.7. The highest BCUT2D eigenvalue weighted by atomic mass is 16.5. The van der Waals surface area contributed by atoms with E-state index in [-0.39, 0.29) is 0 Å². The smallest absolute Gasteiger partial charge is 0.139 e. The molecule has 0 aliphatic rings. The second-order valence-corrected chi connectivity index (χ2v) is 8.25. The van der Waals surface area contributed by atoms with Crippen LogP contribution < -0.4 is 4.74 Å². The van der Waals surface area contributed by atoms with Crippen LogP contribution in [0.2, 0.25) is 0 Å². The number of nitrogens with zero attached hydrogens (tertiary/aromatic N) is 2. The molecular formula is C30H26N2O2. The molecule has 0 aliphatic carbocycles. The maximum Gasteiger partial charge on any atom is 0.139 e. The van der Waals surface area contributed by atoms with Gasteiger partial charge >= 0.3 is 0 Å². The first kappa shape index (κ1) is 21.7. The number of aromatic nitrogens is 2. The monoisotopic (exact) mass is 446 g/mol. The zero-order valence-corrected chi connectivity index (χ0v) is 18.7. The summed E-state index contributed by atoms with van der Waals surface area (Å²) < 4.78 is 7.95. The molecule has 1 unspecified atom stereocenters. The summed E-state index contributed by atoms with van der Waals surface area (Å²) in [6, 6.07) is 37.2. The lowest BCUT2D eigenvalue weighted by Gasteiger charge is -2.38. The molecule has 4 aromatic carbocycles.